The number of rotatable bonds is 5. The molecule has 0 aliphatic heterocycles. The molecule has 11 heavy (non-hydrogen) atoms. The molecule has 0 atom stereocenters. The summed E-state index contributed by atoms with van der Waals surface area (Å²) in [6.07, 6.45) is 5.88. The summed E-state index contributed by atoms with van der Waals surface area (Å²) in [4.78, 5) is 0. The summed E-state index contributed by atoms with van der Waals surface area (Å²) < 4.78 is 0. The van der Waals surface area contributed by atoms with Crippen LogP contribution in [0.5, 0.6) is 0 Å². The summed E-state index contributed by atoms with van der Waals surface area (Å²) in [5.74, 6) is 0. The lowest BCUT2D eigenvalue weighted by molar-refractivity contribution is 0.463. The lowest BCUT2D eigenvalue weighted by atomic mass is 10.1. The first-order valence-corrected chi connectivity index (χ1v) is 3.80. The van der Waals surface area contributed by atoms with Crippen molar-refractivity contribution in [1.29, 1.82) is 0 Å². The van der Waals surface area contributed by atoms with Gasteiger partial charge < -0.3 is 5.11 Å². The minimum absolute atomic E-state index is 0.934. The van der Waals surface area contributed by atoms with Crippen molar-refractivity contribution in [2.24, 2.45) is 0 Å². The standard InChI is InChI=1S/C10H16O/c1-4-9(2)6-5-7-10(3)8-11/h4,8,11H,1-2,5-7H2,3H3. The van der Waals surface area contributed by atoms with Crippen molar-refractivity contribution in [3.05, 3.63) is 36.6 Å². The van der Waals surface area contributed by atoms with E-state index in [4.69, 9.17) is 5.11 Å². The van der Waals surface area contributed by atoms with Crippen LogP contribution in [0.15, 0.2) is 36.6 Å². The highest BCUT2D eigenvalue weighted by atomic mass is 16.2. The Balaban J connectivity index is 3.42. The first-order chi connectivity index (χ1) is 5.20. The number of hydrogen-bond acceptors (Lipinski definition) is 1. The quantitative estimate of drug-likeness (QED) is 0.473. The van der Waals surface area contributed by atoms with Gasteiger partial charge in [0.25, 0.3) is 0 Å². The predicted octanol–water partition coefficient (Wildman–Crippen LogP) is 3.36. The van der Waals surface area contributed by atoms with E-state index in [1.165, 1.54) is 0 Å². The molecule has 0 radical (unpaired) electrons. The van der Waals surface area contributed by atoms with Crippen LogP contribution < -0.4 is 0 Å². The zero-order chi connectivity index (χ0) is 8.69. The largest absolute Gasteiger partial charge is 0.516 e. The summed E-state index contributed by atoms with van der Waals surface area (Å²) in [5.41, 5.74) is 2.08. The fourth-order valence-corrected chi connectivity index (χ4v) is 0.761. The Kier molecular flexibility index (Phi) is 5.26. The van der Waals surface area contributed by atoms with Crippen LogP contribution in [0.25, 0.3) is 0 Å². The van der Waals surface area contributed by atoms with E-state index in [0.717, 1.165) is 36.7 Å². The summed E-state index contributed by atoms with van der Waals surface area (Å²) in [5, 5.41) is 8.55. The molecule has 1 heteroatoms. The van der Waals surface area contributed by atoms with Gasteiger partial charge in [-0.2, -0.15) is 0 Å². The van der Waals surface area contributed by atoms with Crippen molar-refractivity contribution in [3.8, 4) is 0 Å². The van der Waals surface area contributed by atoms with E-state index >= 15 is 0 Å². The van der Waals surface area contributed by atoms with Crippen LogP contribution in [0.2, 0.25) is 0 Å². The third-order valence-corrected chi connectivity index (χ3v) is 1.58. The van der Waals surface area contributed by atoms with Gasteiger partial charge >= 0.3 is 0 Å². The molecule has 62 valence electrons. The summed E-state index contributed by atoms with van der Waals surface area (Å²) in [6.45, 7) is 9.32. The van der Waals surface area contributed by atoms with E-state index in [-0.39, 0.29) is 0 Å². The summed E-state index contributed by atoms with van der Waals surface area (Å²) in [6, 6.07) is 0. The number of hydrogen-bond donors (Lipinski definition) is 1. The molecule has 1 nitrogen and oxygen atoms in total. The molecule has 0 aliphatic carbocycles. The molecular formula is C10H16O. The van der Waals surface area contributed by atoms with Crippen LogP contribution >= 0.6 is 0 Å². The van der Waals surface area contributed by atoms with Crippen LogP contribution in [-0.2, 0) is 0 Å². The molecule has 1 N–H and O–H groups in total. The highest BCUT2D eigenvalue weighted by molar-refractivity contribution is 5.10. The zero-order valence-electron chi connectivity index (χ0n) is 7.14. The van der Waals surface area contributed by atoms with Gasteiger partial charge in [-0.25, -0.2) is 0 Å². The van der Waals surface area contributed by atoms with Crippen LogP contribution in [0.3, 0.4) is 0 Å². The topological polar surface area (TPSA) is 20.2 Å². The van der Waals surface area contributed by atoms with Crippen molar-refractivity contribution in [2.75, 3.05) is 0 Å². The average molecular weight is 152 g/mol. The second-order valence-corrected chi connectivity index (χ2v) is 2.69. The second-order valence-electron chi connectivity index (χ2n) is 2.69. The maximum absolute atomic E-state index is 8.55. The summed E-state index contributed by atoms with van der Waals surface area (Å²) in [7, 11) is 0. The van der Waals surface area contributed by atoms with Gasteiger partial charge in [-0.05, 0) is 31.8 Å². The molecule has 0 bridgehead atoms. The van der Waals surface area contributed by atoms with Crippen LogP contribution in [0.4, 0.5) is 0 Å². The van der Waals surface area contributed by atoms with Crippen molar-refractivity contribution in [2.45, 2.75) is 26.2 Å². The minimum atomic E-state index is 0.934. The number of aliphatic hydroxyl groups excluding tert-OH is 1. The van der Waals surface area contributed by atoms with Gasteiger partial charge in [0.2, 0.25) is 0 Å². The summed E-state index contributed by atoms with van der Waals surface area (Å²) >= 11 is 0. The highest BCUT2D eigenvalue weighted by Crippen LogP contribution is 2.10. The normalized spacial score (nSPS) is 11.2. The molecule has 0 rings (SSSR count). The Morgan fingerprint density at radius 1 is 1.45 bits per heavy atom. The predicted molar refractivity (Wildman–Crippen MR) is 49.6 cm³/mol. The molecular weight excluding hydrogens is 136 g/mol. The van der Waals surface area contributed by atoms with E-state index in [1.807, 2.05) is 6.92 Å². The van der Waals surface area contributed by atoms with Crippen molar-refractivity contribution < 1.29 is 5.11 Å². The van der Waals surface area contributed by atoms with Crippen LogP contribution in [0, 0.1) is 0 Å². The molecule has 0 heterocycles. The zero-order valence-corrected chi connectivity index (χ0v) is 7.14. The van der Waals surface area contributed by atoms with E-state index in [2.05, 4.69) is 13.2 Å². The molecule has 0 aliphatic rings. The first-order valence-electron chi connectivity index (χ1n) is 3.80. The number of aliphatic hydroxyl groups is 1. The Hall–Kier alpha value is -0.980. The van der Waals surface area contributed by atoms with Gasteiger partial charge in [0, 0.05) is 0 Å². The minimum Gasteiger partial charge on any atom is -0.516 e. The lowest BCUT2D eigenvalue weighted by Gasteiger charge is -1.99. The third kappa shape index (κ3) is 5.46. The Morgan fingerprint density at radius 2 is 2.09 bits per heavy atom. The van der Waals surface area contributed by atoms with Crippen molar-refractivity contribution >= 4 is 0 Å². The van der Waals surface area contributed by atoms with Crippen LogP contribution in [0.1, 0.15) is 26.2 Å². The van der Waals surface area contributed by atoms with Gasteiger partial charge in [0.1, 0.15) is 0 Å². The maximum atomic E-state index is 8.55. The number of allylic oxidation sites excluding steroid dienone is 3. The molecule has 0 spiro atoms. The van der Waals surface area contributed by atoms with Gasteiger partial charge in [-0.1, -0.05) is 24.8 Å². The van der Waals surface area contributed by atoms with Gasteiger partial charge in [0.05, 0.1) is 6.26 Å². The molecule has 0 saturated carbocycles. The second kappa shape index (κ2) is 5.78. The monoisotopic (exact) mass is 152 g/mol. The first kappa shape index (κ1) is 10.0. The Labute approximate surface area is 68.7 Å². The van der Waals surface area contributed by atoms with E-state index in [9.17, 15) is 0 Å². The van der Waals surface area contributed by atoms with E-state index < -0.39 is 0 Å². The smallest absolute Gasteiger partial charge is 0.0780 e. The highest BCUT2D eigenvalue weighted by Gasteiger charge is 1.91. The SMILES string of the molecule is C=CC(=C)CCCC(C)=CO. The third-order valence-electron chi connectivity index (χ3n) is 1.58. The fourth-order valence-electron chi connectivity index (χ4n) is 0.761. The Bertz CT molecular complexity index is 164. The molecule has 0 fully saturated rings. The average Bonchev–Trinajstić information content (AvgIpc) is 2.04. The fraction of sp³-hybridized carbons (Fsp3) is 0.400. The molecule has 0 amide bonds. The molecule has 0 aromatic rings. The molecule has 0 aromatic carbocycles. The van der Waals surface area contributed by atoms with Gasteiger partial charge in [0.15, 0.2) is 0 Å². The van der Waals surface area contributed by atoms with E-state index in [0.29, 0.717) is 0 Å². The lowest BCUT2D eigenvalue weighted by Crippen LogP contribution is -1.80. The van der Waals surface area contributed by atoms with Gasteiger partial charge in [-0.15, -0.1) is 0 Å². The maximum Gasteiger partial charge on any atom is 0.0780 e. The molecule has 0 unspecified atom stereocenters. The van der Waals surface area contributed by atoms with Gasteiger partial charge in [-0.3, -0.25) is 0 Å². The van der Waals surface area contributed by atoms with Crippen molar-refractivity contribution in [1.82, 2.24) is 0 Å². The van der Waals surface area contributed by atoms with Crippen LogP contribution in [-0.4, -0.2) is 5.11 Å². The molecule has 0 aromatic heterocycles. The van der Waals surface area contributed by atoms with Crippen molar-refractivity contribution in [3.63, 3.8) is 0 Å². The van der Waals surface area contributed by atoms with E-state index in [1.54, 1.807) is 6.08 Å². The Morgan fingerprint density at radius 3 is 2.55 bits per heavy atom. The molecule has 0 saturated heterocycles.